The second-order valence-corrected chi connectivity index (χ2v) is 6.58. The summed E-state index contributed by atoms with van der Waals surface area (Å²) in [5.74, 6) is 0.349. The highest BCUT2D eigenvalue weighted by Crippen LogP contribution is 2.18. The van der Waals surface area contributed by atoms with Crippen LogP contribution in [0.3, 0.4) is 0 Å². The third kappa shape index (κ3) is 5.20. The minimum Gasteiger partial charge on any atom is -0.354 e. The van der Waals surface area contributed by atoms with Gasteiger partial charge in [-0.05, 0) is 43.4 Å². The van der Waals surface area contributed by atoms with Crippen LogP contribution in [0.15, 0.2) is 48.5 Å². The molecule has 0 bridgehead atoms. The summed E-state index contributed by atoms with van der Waals surface area (Å²) in [4.78, 5) is 12.1. The Morgan fingerprint density at radius 2 is 1.75 bits per heavy atom. The van der Waals surface area contributed by atoms with Gasteiger partial charge in [0.15, 0.2) is 0 Å². The maximum absolute atomic E-state index is 12.1. The molecule has 2 N–H and O–H groups in total. The maximum atomic E-state index is 12.1. The second-order valence-electron chi connectivity index (χ2n) is 6.58. The van der Waals surface area contributed by atoms with Crippen molar-refractivity contribution in [2.45, 2.75) is 39.7 Å². The van der Waals surface area contributed by atoms with Crippen molar-refractivity contribution in [1.82, 2.24) is 10.6 Å². The smallest absolute Gasteiger partial charge is 0.233 e. The van der Waals surface area contributed by atoms with E-state index >= 15 is 0 Å². The van der Waals surface area contributed by atoms with Crippen molar-refractivity contribution in [1.29, 1.82) is 0 Å². The Bertz CT molecular complexity index is 667. The van der Waals surface area contributed by atoms with Gasteiger partial charge in [0, 0.05) is 12.6 Å². The lowest BCUT2D eigenvalue weighted by Gasteiger charge is -2.18. The lowest BCUT2D eigenvalue weighted by Crippen LogP contribution is -2.36. The first-order chi connectivity index (χ1) is 11.5. The minimum atomic E-state index is 0.0370. The van der Waals surface area contributed by atoms with Crippen LogP contribution >= 0.6 is 0 Å². The minimum absolute atomic E-state index is 0.0370. The molecule has 0 aliphatic heterocycles. The van der Waals surface area contributed by atoms with Crippen molar-refractivity contribution < 1.29 is 4.79 Å². The van der Waals surface area contributed by atoms with E-state index in [1.807, 2.05) is 18.2 Å². The molecule has 0 aliphatic rings. The molecule has 2 atom stereocenters. The second kappa shape index (κ2) is 8.65. The van der Waals surface area contributed by atoms with Crippen LogP contribution in [0, 0.1) is 13.8 Å². The van der Waals surface area contributed by atoms with E-state index in [2.05, 4.69) is 68.7 Å². The molecule has 24 heavy (non-hydrogen) atoms. The van der Waals surface area contributed by atoms with Gasteiger partial charge in [-0.25, -0.2) is 0 Å². The molecule has 1 amide bonds. The van der Waals surface area contributed by atoms with E-state index in [1.54, 1.807) is 0 Å². The van der Waals surface area contributed by atoms with Crippen molar-refractivity contribution in [3.05, 3.63) is 70.8 Å². The summed E-state index contributed by atoms with van der Waals surface area (Å²) < 4.78 is 0. The van der Waals surface area contributed by atoms with Gasteiger partial charge in [0.1, 0.15) is 0 Å². The summed E-state index contributed by atoms with van der Waals surface area (Å²) >= 11 is 0. The van der Waals surface area contributed by atoms with E-state index in [9.17, 15) is 4.79 Å². The summed E-state index contributed by atoms with van der Waals surface area (Å²) in [7, 11) is 0. The molecule has 0 saturated heterocycles. The van der Waals surface area contributed by atoms with Gasteiger partial charge in [-0.3, -0.25) is 4.79 Å². The Balaban J connectivity index is 1.79. The highest BCUT2D eigenvalue weighted by Gasteiger charge is 2.11. The number of aryl methyl sites for hydroxylation is 2. The number of benzene rings is 2. The van der Waals surface area contributed by atoms with Crippen molar-refractivity contribution in [2.24, 2.45) is 0 Å². The third-order valence-corrected chi connectivity index (χ3v) is 4.44. The molecule has 0 radical (unpaired) electrons. The Kier molecular flexibility index (Phi) is 6.56. The first-order valence-electron chi connectivity index (χ1n) is 8.59. The molecule has 0 heterocycles. The summed E-state index contributed by atoms with van der Waals surface area (Å²) in [5.41, 5.74) is 4.99. The van der Waals surface area contributed by atoms with Crippen molar-refractivity contribution >= 4 is 5.91 Å². The fourth-order valence-corrected chi connectivity index (χ4v) is 2.81. The Hall–Kier alpha value is -2.13. The zero-order valence-electron chi connectivity index (χ0n) is 15.1. The number of carbonyl (C=O) groups is 1. The molecule has 0 aliphatic carbocycles. The molecule has 2 aromatic rings. The van der Waals surface area contributed by atoms with E-state index in [4.69, 9.17) is 0 Å². The van der Waals surface area contributed by atoms with E-state index in [0.717, 1.165) is 0 Å². The molecule has 2 aromatic carbocycles. The highest BCUT2D eigenvalue weighted by atomic mass is 16.1. The topological polar surface area (TPSA) is 41.1 Å². The van der Waals surface area contributed by atoms with Crippen molar-refractivity contribution in [2.75, 3.05) is 13.1 Å². The standard InChI is InChI=1S/C21H28N2O/c1-15-10-11-16(2)20(12-15)18(4)22-14-21(24)23-13-17(3)19-8-6-5-7-9-19/h5-12,17-18,22H,13-14H2,1-4H3,(H,23,24)/t17-,18-/m0/s1. The van der Waals surface area contributed by atoms with Crippen LogP contribution in [-0.4, -0.2) is 19.0 Å². The molecule has 0 unspecified atom stereocenters. The molecule has 0 saturated carbocycles. The number of amides is 1. The molecule has 2 rings (SSSR count). The largest absolute Gasteiger partial charge is 0.354 e. The summed E-state index contributed by atoms with van der Waals surface area (Å²) in [6.07, 6.45) is 0. The van der Waals surface area contributed by atoms with Gasteiger partial charge in [-0.15, -0.1) is 0 Å². The number of nitrogens with one attached hydrogen (secondary N) is 2. The van der Waals surface area contributed by atoms with Gasteiger partial charge < -0.3 is 10.6 Å². The Labute approximate surface area is 145 Å². The van der Waals surface area contributed by atoms with Crippen LogP contribution < -0.4 is 10.6 Å². The van der Waals surface area contributed by atoms with Crippen molar-refractivity contribution in [3.8, 4) is 0 Å². The van der Waals surface area contributed by atoms with E-state index in [0.29, 0.717) is 19.0 Å². The van der Waals surface area contributed by atoms with Crippen LogP contribution in [-0.2, 0) is 4.79 Å². The molecular weight excluding hydrogens is 296 g/mol. The van der Waals surface area contributed by atoms with Crippen LogP contribution in [0.2, 0.25) is 0 Å². The van der Waals surface area contributed by atoms with Gasteiger partial charge in [-0.1, -0.05) is 61.0 Å². The average molecular weight is 324 g/mol. The molecule has 3 heteroatoms. The number of hydrogen-bond acceptors (Lipinski definition) is 2. The fraction of sp³-hybridized carbons (Fsp3) is 0.381. The highest BCUT2D eigenvalue weighted by molar-refractivity contribution is 5.78. The molecule has 0 aromatic heterocycles. The normalized spacial score (nSPS) is 13.3. The van der Waals surface area contributed by atoms with Crippen LogP contribution in [0.1, 0.15) is 48.1 Å². The van der Waals surface area contributed by atoms with E-state index < -0.39 is 0 Å². The van der Waals surface area contributed by atoms with Crippen LogP contribution in [0.25, 0.3) is 0 Å². The number of rotatable bonds is 7. The molecule has 128 valence electrons. The van der Waals surface area contributed by atoms with Gasteiger partial charge in [-0.2, -0.15) is 0 Å². The quantitative estimate of drug-likeness (QED) is 0.811. The number of hydrogen-bond donors (Lipinski definition) is 2. The predicted octanol–water partition coefficient (Wildman–Crippen LogP) is 3.87. The maximum Gasteiger partial charge on any atom is 0.233 e. The Morgan fingerprint density at radius 3 is 2.46 bits per heavy atom. The number of carbonyl (C=O) groups excluding carboxylic acids is 1. The lowest BCUT2D eigenvalue weighted by atomic mass is 10.00. The monoisotopic (exact) mass is 324 g/mol. The fourth-order valence-electron chi connectivity index (χ4n) is 2.81. The van der Waals surface area contributed by atoms with Gasteiger partial charge in [0.2, 0.25) is 5.91 Å². The summed E-state index contributed by atoms with van der Waals surface area (Å²) in [6, 6.07) is 16.8. The first-order valence-corrected chi connectivity index (χ1v) is 8.59. The molecule has 3 nitrogen and oxygen atoms in total. The molecular formula is C21H28N2O. The van der Waals surface area contributed by atoms with E-state index in [-0.39, 0.29) is 11.9 Å². The van der Waals surface area contributed by atoms with Gasteiger partial charge >= 0.3 is 0 Å². The molecule has 0 fully saturated rings. The SMILES string of the molecule is Cc1ccc(C)c([C@H](C)NCC(=O)NC[C@H](C)c2ccccc2)c1. The molecule has 0 spiro atoms. The van der Waals surface area contributed by atoms with E-state index in [1.165, 1.54) is 22.3 Å². The first kappa shape index (κ1) is 18.2. The third-order valence-electron chi connectivity index (χ3n) is 4.44. The Morgan fingerprint density at radius 1 is 1.04 bits per heavy atom. The predicted molar refractivity (Wildman–Crippen MR) is 100 cm³/mol. The van der Waals surface area contributed by atoms with Crippen LogP contribution in [0.5, 0.6) is 0 Å². The van der Waals surface area contributed by atoms with Gasteiger partial charge in [0.05, 0.1) is 6.54 Å². The lowest BCUT2D eigenvalue weighted by molar-refractivity contribution is -0.120. The zero-order valence-corrected chi connectivity index (χ0v) is 15.1. The summed E-state index contributed by atoms with van der Waals surface area (Å²) in [5, 5.41) is 6.33. The summed E-state index contributed by atoms with van der Waals surface area (Å²) in [6.45, 7) is 9.41. The van der Waals surface area contributed by atoms with Crippen LogP contribution in [0.4, 0.5) is 0 Å². The average Bonchev–Trinajstić information content (AvgIpc) is 2.60. The van der Waals surface area contributed by atoms with Gasteiger partial charge in [0.25, 0.3) is 0 Å². The van der Waals surface area contributed by atoms with Crippen molar-refractivity contribution in [3.63, 3.8) is 0 Å². The zero-order chi connectivity index (χ0) is 17.5.